The minimum absolute atomic E-state index is 0.293. The zero-order valence-corrected chi connectivity index (χ0v) is 18.8. The van der Waals surface area contributed by atoms with Gasteiger partial charge in [-0.25, -0.2) is 4.79 Å². The van der Waals surface area contributed by atoms with Crippen molar-refractivity contribution < 1.29 is 14.3 Å². The highest BCUT2D eigenvalue weighted by Gasteiger charge is 2.10. The Morgan fingerprint density at radius 2 is 1.35 bits per heavy atom. The summed E-state index contributed by atoms with van der Waals surface area (Å²) in [5, 5.41) is 0. The largest absolute Gasteiger partial charge is 0.490 e. The number of hydrogen-bond acceptors (Lipinski definition) is 4. The summed E-state index contributed by atoms with van der Waals surface area (Å²) in [7, 11) is 1.41. The quantitative estimate of drug-likeness (QED) is 0.192. The lowest BCUT2D eigenvalue weighted by Crippen LogP contribution is -2.02. The van der Waals surface area contributed by atoms with E-state index in [4.69, 9.17) is 9.47 Å². The van der Waals surface area contributed by atoms with E-state index in [0.29, 0.717) is 12.2 Å². The second kappa shape index (κ2) is 15.8. The highest BCUT2D eigenvalue weighted by molar-refractivity contribution is 7.99. The average Bonchev–Trinajstić information content (AvgIpc) is 2.82. The number of ether oxygens (including phenoxy) is 2. The van der Waals surface area contributed by atoms with Crippen LogP contribution in [-0.4, -0.2) is 25.4 Å². The molecule has 0 aliphatic heterocycles. The molecular weight excluding hydrogens is 404 g/mol. The van der Waals surface area contributed by atoms with Gasteiger partial charge in [-0.05, 0) is 43.5 Å². The maximum absolute atomic E-state index is 11.8. The van der Waals surface area contributed by atoms with Gasteiger partial charge in [0.2, 0.25) is 0 Å². The lowest BCUT2D eigenvalue weighted by molar-refractivity contribution is 0.0597. The van der Waals surface area contributed by atoms with Crippen LogP contribution in [0.5, 0.6) is 5.75 Å². The molecule has 0 aliphatic rings. The van der Waals surface area contributed by atoms with Gasteiger partial charge < -0.3 is 9.47 Å². The van der Waals surface area contributed by atoms with E-state index in [1.807, 2.05) is 54.6 Å². The number of para-hydroxylation sites is 1. The normalized spacial score (nSPS) is 11.8. The number of esters is 1. The predicted molar refractivity (Wildman–Crippen MR) is 131 cm³/mol. The summed E-state index contributed by atoms with van der Waals surface area (Å²) in [5.41, 5.74) is 0.619. The Labute approximate surface area is 190 Å². The van der Waals surface area contributed by atoms with Crippen LogP contribution in [0, 0.1) is 0 Å². The van der Waals surface area contributed by atoms with Crippen LogP contribution >= 0.6 is 11.8 Å². The first-order chi connectivity index (χ1) is 15.3. The third-order valence-corrected chi connectivity index (χ3v) is 5.23. The number of carbonyl (C=O) groups excluding carboxylic acids is 1. The van der Waals surface area contributed by atoms with Crippen LogP contribution in [0.4, 0.5) is 0 Å². The molecule has 0 radical (unpaired) electrons. The van der Waals surface area contributed by atoms with E-state index in [9.17, 15) is 4.79 Å². The van der Waals surface area contributed by atoms with Gasteiger partial charge in [0.05, 0.1) is 12.7 Å². The Kier molecular flexibility index (Phi) is 12.4. The fourth-order valence-electron chi connectivity index (χ4n) is 2.62. The van der Waals surface area contributed by atoms with Crippen molar-refractivity contribution in [1.82, 2.24) is 0 Å². The van der Waals surface area contributed by atoms with Gasteiger partial charge in [0.25, 0.3) is 0 Å². The lowest BCUT2D eigenvalue weighted by Gasteiger charge is -2.05. The first-order valence-electron chi connectivity index (χ1n) is 10.4. The molecule has 0 spiro atoms. The van der Waals surface area contributed by atoms with Gasteiger partial charge in [0.15, 0.2) is 0 Å². The summed E-state index contributed by atoms with van der Waals surface area (Å²) >= 11 is 1.63. The minimum atomic E-state index is -0.293. The zero-order valence-electron chi connectivity index (χ0n) is 18.0. The van der Waals surface area contributed by atoms with Gasteiger partial charge in [0.1, 0.15) is 12.4 Å². The van der Waals surface area contributed by atoms with Crippen LogP contribution in [-0.2, 0) is 4.74 Å². The van der Waals surface area contributed by atoms with Gasteiger partial charge in [-0.3, -0.25) is 0 Å². The molecule has 2 aromatic carbocycles. The molecule has 2 rings (SSSR count). The summed E-state index contributed by atoms with van der Waals surface area (Å²) in [6, 6.07) is 17.4. The van der Waals surface area contributed by atoms with Crippen molar-refractivity contribution in [2.24, 2.45) is 0 Å². The fraction of sp³-hybridized carbons (Fsp3) is 0.222. The van der Waals surface area contributed by atoms with Crippen molar-refractivity contribution in [2.45, 2.75) is 24.2 Å². The highest BCUT2D eigenvalue weighted by Crippen LogP contribution is 2.23. The molecular formula is C27H30O3S. The molecule has 2 aromatic rings. The van der Waals surface area contributed by atoms with Crippen LogP contribution in [0.3, 0.4) is 0 Å². The molecule has 0 aromatic heterocycles. The number of carbonyl (C=O) groups is 1. The van der Waals surface area contributed by atoms with Crippen molar-refractivity contribution >= 4 is 17.7 Å². The number of allylic oxidation sites excluding steroid dienone is 6. The highest BCUT2D eigenvalue weighted by atomic mass is 32.2. The second-order valence-electron chi connectivity index (χ2n) is 6.52. The number of hydrogen-bond donors (Lipinski definition) is 0. The minimum Gasteiger partial charge on any atom is -0.490 e. The van der Waals surface area contributed by atoms with E-state index in [1.54, 1.807) is 17.8 Å². The van der Waals surface area contributed by atoms with Crippen molar-refractivity contribution in [2.75, 3.05) is 19.5 Å². The Morgan fingerprint density at radius 1 is 0.774 bits per heavy atom. The topological polar surface area (TPSA) is 35.5 Å². The van der Waals surface area contributed by atoms with Crippen molar-refractivity contribution in [3.05, 3.63) is 109 Å². The molecule has 4 heteroatoms. The average molecular weight is 435 g/mol. The van der Waals surface area contributed by atoms with E-state index < -0.39 is 0 Å². The molecule has 0 atom stereocenters. The summed E-state index contributed by atoms with van der Waals surface area (Å²) in [5.74, 6) is 1.42. The van der Waals surface area contributed by atoms with E-state index >= 15 is 0 Å². The van der Waals surface area contributed by atoms with Gasteiger partial charge >= 0.3 is 5.97 Å². The molecule has 31 heavy (non-hydrogen) atoms. The molecule has 0 amide bonds. The van der Waals surface area contributed by atoms with Gasteiger partial charge in [-0.2, -0.15) is 0 Å². The Balaban J connectivity index is 1.53. The van der Waals surface area contributed by atoms with Gasteiger partial charge in [0, 0.05) is 10.6 Å². The molecule has 0 unspecified atom stereocenters. The van der Waals surface area contributed by atoms with E-state index in [2.05, 4.69) is 42.5 Å². The molecule has 0 saturated heterocycles. The number of methoxy groups -OCH3 is 1. The van der Waals surface area contributed by atoms with Crippen LogP contribution in [0.2, 0.25) is 0 Å². The first-order valence-corrected chi connectivity index (χ1v) is 11.4. The third-order valence-electron chi connectivity index (χ3n) is 4.20. The Hall–Kier alpha value is -2.98. The van der Waals surface area contributed by atoms with E-state index in [-0.39, 0.29) is 5.97 Å². The SMILES string of the molecule is COC(=O)c1ccccc1SC/C=C\C/C=C\C/C=C\C/C=C\COc1ccccc1. The Morgan fingerprint density at radius 3 is 2.03 bits per heavy atom. The number of rotatable bonds is 13. The summed E-state index contributed by atoms with van der Waals surface area (Å²) in [6.45, 7) is 0.594. The molecule has 0 aliphatic carbocycles. The van der Waals surface area contributed by atoms with Gasteiger partial charge in [-0.15, -0.1) is 11.8 Å². The molecule has 0 fully saturated rings. The van der Waals surface area contributed by atoms with Crippen LogP contribution < -0.4 is 4.74 Å². The second-order valence-corrected chi connectivity index (χ2v) is 7.58. The van der Waals surface area contributed by atoms with Crippen LogP contribution in [0.15, 0.2) is 108 Å². The predicted octanol–water partition coefficient (Wildman–Crippen LogP) is 7.04. The summed E-state index contributed by atoms with van der Waals surface area (Å²) in [4.78, 5) is 12.7. The third kappa shape index (κ3) is 10.6. The van der Waals surface area contributed by atoms with Gasteiger partial charge in [-0.1, -0.05) is 78.9 Å². The molecule has 0 saturated carbocycles. The number of benzene rings is 2. The van der Waals surface area contributed by atoms with Crippen molar-refractivity contribution in [3.8, 4) is 5.75 Å². The van der Waals surface area contributed by atoms with Crippen molar-refractivity contribution in [1.29, 1.82) is 0 Å². The van der Waals surface area contributed by atoms with E-state index in [0.717, 1.165) is 35.7 Å². The Bertz CT molecular complexity index is 882. The summed E-state index contributed by atoms with van der Waals surface area (Å²) < 4.78 is 10.4. The monoisotopic (exact) mass is 434 g/mol. The summed E-state index contributed by atoms with van der Waals surface area (Å²) in [6.07, 6.45) is 19.8. The standard InChI is InChI=1S/C27H30O3S/c1-29-27(28)25-20-14-15-21-26(25)31-23-17-10-8-6-4-2-3-5-7-9-16-22-30-24-18-12-11-13-19-24/h3-6,9-21H,2,7-8,22-23H2,1H3/b5-3-,6-4-,16-9-,17-10-. The molecule has 0 bridgehead atoms. The molecule has 162 valence electrons. The number of thioether (sulfide) groups is 1. The smallest absolute Gasteiger partial charge is 0.338 e. The van der Waals surface area contributed by atoms with Crippen molar-refractivity contribution in [3.63, 3.8) is 0 Å². The zero-order chi connectivity index (χ0) is 22.0. The maximum Gasteiger partial charge on any atom is 0.338 e. The first kappa shape index (κ1) is 24.3. The fourth-order valence-corrected chi connectivity index (χ4v) is 3.51. The maximum atomic E-state index is 11.8. The van der Waals surface area contributed by atoms with Crippen LogP contribution in [0.25, 0.3) is 0 Å². The molecule has 0 heterocycles. The molecule has 0 N–H and O–H groups in total. The van der Waals surface area contributed by atoms with E-state index in [1.165, 1.54) is 7.11 Å². The lowest BCUT2D eigenvalue weighted by atomic mass is 10.2. The molecule has 3 nitrogen and oxygen atoms in total. The van der Waals surface area contributed by atoms with Crippen LogP contribution in [0.1, 0.15) is 29.6 Å².